The van der Waals surface area contributed by atoms with E-state index in [4.69, 9.17) is 25.3 Å². The van der Waals surface area contributed by atoms with Gasteiger partial charge in [0, 0.05) is 13.1 Å². The highest BCUT2D eigenvalue weighted by molar-refractivity contribution is 6.00. The van der Waals surface area contributed by atoms with Crippen molar-refractivity contribution in [2.75, 3.05) is 5.73 Å². The van der Waals surface area contributed by atoms with Crippen LogP contribution >= 0.6 is 0 Å². The molecule has 9 nitrogen and oxygen atoms in total. The third kappa shape index (κ3) is 2.30. The summed E-state index contributed by atoms with van der Waals surface area (Å²) in [5, 5.41) is 7.77. The predicted molar refractivity (Wildman–Crippen MR) is 109 cm³/mol. The lowest BCUT2D eigenvalue weighted by atomic mass is 9.95. The number of nitrogens with zero attached hydrogens (tertiary/aromatic N) is 7. The standard InChI is InChI=1S/C20H20N8O/c1-27-13-10-6-5-9-12(13)22-19(27)14-15-20(24-18-17(23-15)25-29-26-18)28(16(14)21)11-7-3-2-4-8-11/h5-6,9-11H,2-4,7-8,21H2,1H3. The summed E-state index contributed by atoms with van der Waals surface area (Å²) in [5.74, 6) is 1.42. The molecule has 0 radical (unpaired) electrons. The van der Waals surface area contributed by atoms with Crippen molar-refractivity contribution in [1.29, 1.82) is 0 Å². The molecule has 29 heavy (non-hydrogen) atoms. The van der Waals surface area contributed by atoms with Gasteiger partial charge in [-0.25, -0.2) is 19.6 Å². The Kier molecular flexibility index (Phi) is 3.41. The molecule has 0 bridgehead atoms. The van der Waals surface area contributed by atoms with E-state index in [1.165, 1.54) is 19.3 Å². The van der Waals surface area contributed by atoms with Crippen LogP contribution in [-0.2, 0) is 7.05 Å². The Morgan fingerprint density at radius 1 is 1.00 bits per heavy atom. The summed E-state index contributed by atoms with van der Waals surface area (Å²) >= 11 is 0. The fourth-order valence-electron chi connectivity index (χ4n) is 4.62. The molecule has 1 saturated carbocycles. The molecule has 2 N–H and O–H groups in total. The molecular formula is C20H20N8O. The van der Waals surface area contributed by atoms with E-state index in [9.17, 15) is 0 Å². The number of rotatable bonds is 2. The van der Waals surface area contributed by atoms with Crippen LogP contribution in [0.5, 0.6) is 0 Å². The van der Waals surface area contributed by atoms with Crippen LogP contribution in [-0.4, -0.2) is 34.4 Å². The van der Waals surface area contributed by atoms with Gasteiger partial charge in [0.15, 0.2) is 5.65 Å². The Balaban J connectivity index is 1.70. The minimum atomic E-state index is 0.293. The van der Waals surface area contributed by atoms with Crippen molar-refractivity contribution in [2.24, 2.45) is 7.05 Å². The van der Waals surface area contributed by atoms with Crippen molar-refractivity contribution < 1.29 is 4.63 Å². The molecule has 0 amide bonds. The number of aromatic nitrogens is 7. The monoisotopic (exact) mass is 388 g/mol. The highest BCUT2D eigenvalue weighted by Gasteiger charge is 2.28. The maximum Gasteiger partial charge on any atom is 0.245 e. The first kappa shape index (κ1) is 16.5. The van der Waals surface area contributed by atoms with Crippen molar-refractivity contribution >= 4 is 39.3 Å². The second kappa shape index (κ2) is 6.00. The number of para-hydroxylation sites is 2. The van der Waals surface area contributed by atoms with E-state index >= 15 is 0 Å². The quantitative estimate of drug-likeness (QED) is 0.491. The molecule has 0 saturated heterocycles. The summed E-state index contributed by atoms with van der Waals surface area (Å²) in [6.07, 6.45) is 5.79. The molecule has 5 aromatic rings. The molecule has 6 rings (SSSR count). The maximum atomic E-state index is 6.77. The molecule has 0 aliphatic heterocycles. The first-order chi connectivity index (χ1) is 14.2. The van der Waals surface area contributed by atoms with Crippen molar-refractivity contribution in [1.82, 2.24) is 34.4 Å². The number of hydrogen-bond donors (Lipinski definition) is 1. The summed E-state index contributed by atoms with van der Waals surface area (Å²) in [5.41, 5.74) is 11.7. The van der Waals surface area contributed by atoms with Gasteiger partial charge in [0.25, 0.3) is 0 Å². The average Bonchev–Trinajstić information content (AvgIpc) is 3.41. The predicted octanol–water partition coefficient (Wildman–Crippen LogP) is 3.61. The fourth-order valence-corrected chi connectivity index (χ4v) is 4.62. The van der Waals surface area contributed by atoms with E-state index in [2.05, 4.69) is 19.4 Å². The molecule has 0 spiro atoms. The number of anilines is 1. The highest BCUT2D eigenvalue weighted by atomic mass is 16.6. The summed E-state index contributed by atoms with van der Waals surface area (Å²) in [7, 11) is 2.00. The van der Waals surface area contributed by atoms with Crippen LogP contribution < -0.4 is 5.73 Å². The zero-order valence-electron chi connectivity index (χ0n) is 16.0. The number of nitrogens with two attached hydrogens (primary N) is 1. The SMILES string of the molecule is Cn1c(-c2c(N)n(C3CCCCC3)c3nc4nonc4nc23)nc2ccccc21. The third-order valence-corrected chi connectivity index (χ3v) is 6.03. The van der Waals surface area contributed by atoms with Crippen LogP contribution in [0.25, 0.3) is 44.9 Å². The van der Waals surface area contributed by atoms with Gasteiger partial charge in [-0.15, -0.1) is 0 Å². The summed E-state index contributed by atoms with van der Waals surface area (Å²) in [6, 6.07) is 8.33. The van der Waals surface area contributed by atoms with Crippen molar-refractivity contribution in [3.8, 4) is 11.4 Å². The zero-order chi connectivity index (χ0) is 19.5. The molecule has 1 fully saturated rings. The summed E-state index contributed by atoms with van der Waals surface area (Å²) < 4.78 is 9.04. The van der Waals surface area contributed by atoms with Crippen LogP contribution in [0.3, 0.4) is 0 Å². The number of aryl methyl sites for hydroxylation is 1. The third-order valence-electron chi connectivity index (χ3n) is 6.03. The fraction of sp³-hybridized carbons (Fsp3) is 0.350. The van der Waals surface area contributed by atoms with Gasteiger partial charge in [-0.2, -0.15) is 0 Å². The first-order valence-corrected chi connectivity index (χ1v) is 9.94. The van der Waals surface area contributed by atoms with Gasteiger partial charge in [-0.1, -0.05) is 31.4 Å². The van der Waals surface area contributed by atoms with Gasteiger partial charge >= 0.3 is 0 Å². The second-order valence-electron chi connectivity index (χ2n) is 7.71. The smallest absolute Gasteiger partial charge is 0.245 e. The summed E-state index contributed by atoms with van der Waals surface area (Å²) in [6.45, 7) is 0. The minimum Gasteiger partial charge on any atom is -0.384 e. The lowest BCUT2D eigenvalue weighted by molar-refractivity contribution is 0.314. The van der Waals surface area contributed by atoms with Gasteiger partial charge in [-0.3, -0.25) is 0 Å². The van der Waals surface area contributed by atoms with Gasteiger partial charge in [0.05, 0.1) is 16.6 Å². The largest absolute Gasteiger partial charge is 0.384 e. The Morgan fingerprint density at radius 2 is 1.76 bits per heavy atom. The lowest BCUT2D eigenvalue weighted by Crippen LogP contribution is -2.15. The maximum absolute atomic E-state index is 6.77. The van der Waals surface area contributed by atoms with Crippen molar-refractivity contribution in [3.05, 3.63) is 24.3 Å². The van der Waals surface area contributed by atoms with Crippen LogP contribution in [0.15, 0.2) is 28.9 Å². The molecular weight excluding hydrogens is 368 g/mol. The molecule has 1 aliphatic carbocycles. The van der Waals surface area contributed by atoms with E-state index in [0.29, 0.717) is 28.7 Å². The van der Waals surface area contributed by atoms with E-state index in [1.807, 2.05) is 31.3 Å². The molecule has 4 heterocycles. The highest BCUT2D eigenvalue weighted by Crippen LogP contribution is 2.41. The zero-order valence-corrected chi connectivity index (χ0v) is 16.0. The Morgan fingerprint density at radius 3 is 2.55 bits per heavy atom. The minimum absolute atomic E-state index is 0.293. The van der Waals surface area contributed by atoms with E-state index in [1.54, 1.807) is 0 Å². The van der Waals surface area contributed by atoms with E-state index in [0.717, 1.165) is 40.9 Å². The Bertz CT molecular complexity index is 1370. The first-order valence-electron chi connectivity index (χ1n) is 9.94. The van der Waals surface area contributed by atoms with Gasteiger partial charge < -0.3 is 14.9 Å². The van der Waals surface area contributed by atoms with Gasteiger partial charge in [-0.05, 0) is 35.3 Å². The van der Waals surface area contributed by atoms with E-state index in [-0.39, 0.29) is 0 Å². The average molecular weight is 388 g/mol. The summed E-state index contributed by atoms with van der Waals surface area (Å²) in [4.78, 5) is 14.3. The molecule has 0 atom stereocenters. The number of nitrogen functional groups attached to an aromatic ring is 1. The number of imidazole rings is 1. The van der Waals surface area contributed by atoms with Crippen LogP contribution in [0, 0.1) is 0 Å². The van der Waals surface area contributed by atoms with Gasteiger partial charge in [0.1, 0.15) is 17.2 Å². The molecule has 1 aromatic carbocycles. The van der Waals surface area contributed by atoms with Gasteiger partial charge in [0.2, 0.25) is 11.3 Å². The number of hydrogen-bond acceptors (Lipinski definition) is 7. The Hall–Kier alpha value is -3.49. The topological polar surface area (TPSA) is 113 Å². The molecule has 146 valence electrons. The molecule has 4 aromatic heterocycles. The Labute approximate surface area is 165 Å². The van der Waals surface area contributed by atoms with E-state index < -0.39 is 0 Å². The lowest BCUT2D eigenvalue weighted by Gasteiger charge is -2.24. The van der Waals surface area contributed by atoms with Crippen LogP contribution in [0.1, 0.15) is 38.1 Å². The van der Waals surface area contributed by atoms with Crippen molar-refractivity contribution in [3.63, 3.8) is 0 Å². The van der Waals surface area contributed by atoms with Crippen LogP contribution in [0.2, 0.25) is 0 Å². The van der Waals surface area contributed by atoms with Crippen molar-refractivity contribution in [2.45, 2.75) is 38.1 Å². The second-order valence-corrected chi connectivity index (χ2v) is 7.71. The normalized spacial score (nSPS) is 15.8. The molecule has 0 unspecified atom stereocenters. The van der Waals surface area contributed by atoms with Crippen LogP contribution in [0.4, 0.5) is 5.82 Å². The number of fused-ring (bicyclic) bond motifs is 3. The molecule has 9 heteroatoms. The molecule has 1 aliphatic rings. The number of benzene rings is 1.